The molecule has 2 nitrogen and oxygen atoms in total. The summed E-state index contributed by atoms with van der Waals surface area (Å²) in [5, 5.41) is 4.30. The standard InChI is InChI=1S/C14H20ClNO/c1-4-8-16-13-11(5-2)17-14-10(15)7-6-9(3)12(13)14/h6-7,11,13,16H,4-5,8H2,1-3H3. The Bertz CT molecular complexity index is 405. The summed E-state index contributed by atoms with van der Waals surface area (Å²) in [7, 11) is 0. The van der Waals surface area contributed by atoms with Crippen LogP contribution in [-0.2, 0) is 0 Å². The van der Waals surface area contributed by atoms with Gasteiger partial charge < -0.3 is 10.1 Å². The van der Waals surface area contributed by atoms with Crippen molar-refractivity contribution in [2.75, 3.05) is 6.54 Å². The molecule has 0 saturated heterocycles. The fourth-order valence-electron chi connectivity index (χ4n) is 2.44. The first-order chi connectivity index (χ1) is 8.19. The van der Waals surface area contributed by atoms with E-state index in [4.69, 9.17) is 16.3 Å². The second-order valence-corrected chi connectivity index (χ2v) is 5.01. The average molecular weight is 254 g/mol. The van der Waals surface area contributed by atoms with Gasteiger partial charge in [0.05, 0.1) is 11.1 Å². The maximum absolute atomic E-state index is 6.21. The Morgan fingerprint density at radius 2 is 2.12 bits per heavy atom. The number of fused-ring (bicyclic) bond motifs is 1. The summed E-state index contributed by atoms with van der Waals surface area (Å²) in [4.78, 5) is 0. The van der Waals surface area contributed by atoms with Crippen LogP contribution in [0.1, 0.15) is 43.9 Å². The van der Waals surface area contributed by atoms with E-state index in [0.29, 0.717) is 0 Å². The molecule has 2 unspecified atom stereocenters. The minimum Gasteiger partial charge on any atom is -0.487 e. The van der Waals surface area contributed by atoms with Crippen LogP contribution in [-0.4, -0.2) is 12.6 Å². The van der Waals surface area contributed by atoms with Crippen LogP contribution in [0.5, 0.6) is 5.75 Å². The topological polar surface area (TPSA) is 21.3 Å². The van der Waals surface area contributed by atoms with Crippen LogP contribution in [0.25, 0.3) is 0 Å². The highest BCUT2D eigenvalue weighted by molar-refractivity contribution is 6.32. The monoisotopic (exact) mass is 253 g/mol. The van der Waals surface area contributed by atoms with Crippen molar-refractivity contribution in [1.29, 1.82) is 0 Å². The molecule has 1 aromatic carbocycles. The summed E-state index contributed by atoms with van der Waals surface area (Å²) in [6, 6.07) is 4.28. The fraction of sp³-hybridized carbons (Fsp3) is 0.571. The van der Waals surface area contributed by atoms with Gasteiger partial charge in [0.1, 0.15) is 11.9 Å². The lowest BCUT2D eigenvalue weighted by Gasteiger charge is -2.19. The molecular formula is C14H20ClNO. The molecule has 94 valence electrons. The van der Waals surface area contributed by atoms with Crippen LogP contribution in [0, 0.1) is 6.92 Å². The highest BCUT2D eigenvalue weighted by Crippen LogP contribution is 2.44. The molecule has 1 aromatic rings. The summed E-state index contributed by atoms with van der Waals surface area (Å²) in [5.41, 5.74) is 2.51. The number of benzene rings is 1. The van der Waals surface area contributed by atoms with Gasteiger partial charge in [-0.15, -0.1) is 0 Å². The quantitative estimate of drug-likeness (QED) is 0.880. The van der Waals surface area contributed by atoms with Crippen molar-refractivity contribution in [3.05, 3.63) is 28.3 Å². The van der Waals surface area contributed by atoms with Gasteiger partial charge in [0.2, 0.25) is 0 Å². The zero-order valence-corrected chi connectivity index (χ0v) is 11.5. The molecule has 0 amide bonds. The number of rotatable bonds is 4. The maximum atomic E-state index is 6.21. The number of nitrogens with one attached hydrogen (secondary N) is 1. The van der Waals surface area contributed by atoms with Gasteiger partial charge in [-0.3, -0.25) is 0 Å². The Balaban J connectivity index is 2.36. The third-order valence-electron chi connectivity index (χ3n) is 3.33. The molecule has 1 aliphatic heterocycles. The van der Waals surface area contributed by atoms with Crippen molar-refractivity contribution in [2.45, 2.75) is 45.8 Å². The first kappa shape index (κ1) is 12.7. The average Bonchev–Trinajstić information content (AvgIpc) is 2.71. The Morgan fingerprint density at radius 1 is 1.35 bits per heavy atom. The number of hydrogen-bond donors (Lipinski definition) is 1. The zero-order valence-electron chi connectivity index (χ0n) is 10.7. The summed E-state index contributed by atoms with van der Waals surface area (Å²) in [6.45, 7) is 7.46. The molecule has 0 fully saturated rings. The van der Waals surface area contributed by atoms with Gasteiger partial charge in [-0.05, 0) is 37.9 Å². The van der Waals surface area contributed by atoms with Crippen LogP contribution in [0.4, 0.5) is 0 Å². The summed E-state index contributed by atoms with van der Waals surface area (Å²) in [6.07, 6.45) is 2.32. The van der Waals surface area contributed by atoms with Crippen LogP contribution in [0.3, 0.4) is 0 Å². The number of halogens is 1. The first-order valence-corrected chi connectivity index (χ1v) is 6.75. The van der Waals surface area contributed by atoms with Gasteiger partial charge in [0, 0.05) is 5.56 Å². The highest BCUT2D eigenvalue weighted by atomic mass is 35.5. The van der Waals surface area contributed by atoms with E-state index >= 15 is 0 Å². The smallest absolute Gasteiger partial charge is 0.143 e. The molecule has 2 atom stereocenters. The summed E-state index contributed by atoms with van der Waals surface area (Å²) >= 11 is 6.21. The largest absolute Gasteiger partial charge is 0.487 e. The van der Waals surface area contributed by atoms with Crippen molar-refractivity contribution >= 4 is 11.6 Å². The molecule has 0 saturated carbocycles. The van der Waals surface area contributed by atoms with Crippen LogP contribution >= 0.6 is 11.6 Å². The van der Waals surface area contributed by atoms with E-state index in [1.54, 1.807) is 0 Å². The SMILES string of the molecule is CCCNC1c2c(C)ccc(Cl)c2OC1CC. The molecule has 17 heavy (non-hydrogen) atoms. The van der Waals surface area contributed by atoms with E-state index in [-0.39, 0.29) is 12.1 Å². The molecule has 1 N–H and O–H groups in total. The third-order valence-corrected chi connectivity index (χ3v) is 3.63. The van der Waals surface area contributed by atoms with E-state index < -0.39 is 0 Å². The minimum absolute atomic E-state index is 0.204. The molecule has 2 rings (SSSR count). The second-order valence-electron chi connectivity index (χ2n) is 4.60. The van der Waals surface area contributed by atoms with Gasteiger partial charge in [0.25, 0.3) is 0 Å². The highest BCUT2D eigenvalue weighted by Gasteiger charge is 2.35. The van der Waals surface area contributed by atoms with Crippen molar-refractivity contribution in [1.82, 2.24) is 5.32 Å². The van der Waals surface area contributed by atoms with Crippen LogP contribution in [0.15, 0.2) is 12.1 Å². The lowest BCUT2D eigenvalue weighted by atomic mass is 9.97. The molecule has 0 aliphatic carbocycles. The zero-order chi connectivity index (χ0) is 12.4. The molecule has 0 bridgehead atoms. The second kappa shape index (κ2) is 5.28. The van der Waals surface area contributed by atoms with Crippen molar-refractivity contribution in [3.63, 3.8) is 0 Å². The number of hydrogen-bond acceptors (Lipinski definition) is 2. The van der Waals surface area contributed by atoms with Crippen molar-refractivity contribution < 1.29 is 4.74 Å². The molecular weight excluding hydrogens is 234 g/mol. The van der Waals surface area contributed by atoms with Gasteiger partial charge >= 0.3 is 0 Å². The number of aryl methyl sites for hydroxylation is 1. The van der Waals surface area contributed by atoms with E-state index in [2.05, 4.69) is 32.2 Å². The van der Waals surface area contributed by atoms with Gasteiger partial charge in [-0.2, -0.15) is 0 Å². The van der Waals surface area contributed by atoms with Crippen molar-refractivity contribution in [3.8, 4) is 5.75 Å². The summed E-state index contributed by atoms with van der Waals surface area (Å²) in [5.74, 6) is 0.882. The maximum Gasteiger partial charge on any atom is 0.143 e. The molecule has 3 heteroatoms. The van der Waals surface area contributed by atoms with E-state index in [0.717, 1.165) is 30.2 Å². The summed E-state index contributed by atoms with van der Waals surface area (Å²) < 4.78 is 5.98. The molecule has 1 heterocycles. The van der Waals surface area contributed by atoms with Crippen LogP contribution in [0.2, 0.25) is 5.02 Å². The minimum atomic E-state index is 0.204. The normalized spacial score (nSPS) is 22.4. The van der Waals surface area contributed by atoms with Gasteiger partial charge in [-0.25, -0.2) is 0 Å². The van der Waals surface area contributed by atoms with E-state index in [1.165, 1.54) is 11.1 Å². The Labute approximate surface area is 108 Å². The Hall–Kier alpha value is -0.730. The van der Waals surface area contributed by atoms with Crippen LogP contribution < -0.4 is 10.1 Å². The predicted octanol–water partition coefficient (Wildman–Crippen LogP) is 3.86. The van der Waals surface area contributed by atoms with Gasteiger partial charge in [0.15, 0.2) is 0 Å². The molecule has 0 radical (unpaired) electrons. The van der Waals surface area contributed by atoms with E-state index in [1.807, 2.05) is 6.07 Å². The molecule has 0 aromatic heterocycles. The Morgan fingerprint density at radius 3 is 2.76 bits per heavy atom. The van der Waals surface area contributed by atoms with Crippen molar-refractivity contribution in [2.24, 2.45) is 0 Å². The number of ether oxygens (including phenoxy) is 1. The molecule has 1 aliphatic rings. The first-order valence-electron chi connectivity index (χ1n) is 6.38. The fourth-order valence-corrected chi connectivity index (χ4v) is 2.64. The molecule has 0 spiro atoms. The lowest BCUT2D eigenvalue weighted by molar-refractivity contribution is 0.185. The third kappa shape index (κ3) is 2.29. The van der Waals surface area contributed by atoms with Gasteiger partial charge in [-0.1, -0.05) is 31.5 Å². The predicted molar refractivity (Wildman–Crippen MR) is 71.9 cm³/mol. The Kier molecular flexibility index (Phi) is 3.95. The lowest BCUT2D eigenvalue weighted by Crippen LogP contribution is -2.31. The van der Waals surface area contributed by atoms with E-state index in [9.17, 15) is 0 Å².